The minimum atomic E-state index is -4.70. The van der Waals surface area contributed by atoms with Gasteiger partial charge in [0, 0.05) is 0 Å². The van der Waals surface area contributed by atoms with Crippen LogP contribution in [0.1, 0.15) is 32.4 Å². The van der Waals surface area contributed by atoms with Crippen molar-refractivity contribution >= 4 is 11.8 Å². The summed E-state index contributed by atoms with van der Waals surface area (Å²) in [5.74, 6) is 0.0951. The van der Waals surface area contributed by atoms with E-state index in [1.807, 2.05) is 5.32 Å². The zero-order valence-electron chi connectivity index (χ0n) is 12.7. The first-order chi connectivity index (χ1) is 9.94. The lowest BCUT2D eigenvalue weighted by molar-refractivity contribution is -0.157. The van der Waals surface area contributed by atoms with Crippen LogP contribution in [0.15, 0.2) is 18.2 Å². The molecular formula is C14H19F3N2O3. The van der Waals surface area contributed by atoms with Gasteiger partial charge >= 0.3 is 12.3 Å². The number of carbonyl (C=O) groups is 1. The highest BCUT2D eigenvalue weighted by molar-refractivity contribution is 5.69. The number of halogens is 3. The summed E-state index contributed by atoms with van der Waals surface area (Å²) in [6, 6.07) is 1.36. The Morgan fingerprint density at radius 3 is 2.32 bits per heavy atom. The molecule has 0 aliphatic heterocycles. The highest BCUT2D eigenvalue weighted by atomic mass is 19.4. The number of carbonyl (C=O) groups excluding carboxylic acids is 1. The Hall–Kier alpha value is -2.12. The van der Waals surface area contributed by atoms with Crippen molar-refractivity contribution in [3.8, 4) is 5.75 Å². The lowest BCUT2D eigenvalue weighted by Crippen LogP contribution is -2.41. The third kappa shape index (κ3) is 5.01. The maximum atomic E-state index is 13.2. The summed E-state index contributed by atoms with van der Waals surface area (Å²) >= 11 is 0. The van der Waals surface area contributed by atoms with E-state index in [0.29, 0.717) is 0 Å². The van der Waals surface area contributed by atoms with E-state index in [9.17, 15) is 18.0 Å². The number of alkyl carbamates (subject to hydrolysis) is 1. The Morgan fingerprint density at radius 2 is 1.86 bits per heavy atom. The topological polar surface area (TPSA) is 73.6 Å². The zero-order chi connectivity index (χ0) is 17.1. The number of benzene rings is 1. The molecule has 1 aromatic rings. The summed E-state index contributed by atoms with van der Waals surface area (Å²) in [5.41, 5.74) is 4.67. The minimum Gasteiger partial charge on any atom is -0.495 e. The molecule has 3 N–H and O–H groups in total. The molecule has 5 nitrogen and oxygen atoms in total. The quantitative estimate of drug-likeness (QED) is 0.837. The largest absolute Gasteiger partial charge is 0.495 e. The van der Waals surface area contributed by atoms with Crippen LogP contribution < -0.4 is 15.8 Å². The summed E-state index contributed by atoms with van der Waals surface area (Å²) in [6.45, 7) is 4.67. The van der Waals surface area contributed by atoms with Crippen molar-refractivity contribution in [2.24, 2.45) is 0 Å². The molecule has 0 aliphatic carbocycles. The van der Waals surface area contributed by atoms with E-state index < -0.39 is 23.9 Å². The molecule has 0 bridgehead atoms. The van der Waals surface area contributed by atoms with Crippen molar-refractivity contribution in [3.05, 3.63) is 23.8 Å². The molecule has 0 spiro atoms. The molecule has 0 heterocycles. The van der Waals surface area contributed by atoms with Crippen LogP contribution in [0.4, 0.5) is 23.7 Å². The third-order valence-electron chi connectivity index (χ3n) is 2.58. The number of alkyl halides is 3. The maximum absolute atomic E-state index is 13.2. The number of anilines is 1. The maximum Gasteiger partial charge on any atom is 0.412 e. The zero-order valence-corrected chi connectivity index (χ0v) is 12.7. The number of nitrogen functional groups attached to an aromatic ring is 1. The molecule has 1 amide bonds. The Kier molecular flexibility index (Phi) is 5.16. The molecule has 1 rings (SSSR count). The highest BCUT2D eigenvalue weighted by Crippen LogP contribution is 2.35. The highest BCUT2D eigenvalue weighted by Gasteiger charge is 2.43. The van der Waals surface area contributed by atoms with Crippen LogP contribution in [0.2, 0.25) is 0 Å². The summed E-state index contributed by atoms with van der Waals surface area (Å²) in [5, 5.41) is 1.82. The standard InChI is InChI=1S/C14H19F3N2O3/c1-13(2,3)22-12(20)19-11(14(15,16)17)8-5-6-9(18)10(7-8)21-4/h5-7,11H,18H2,1-4H3,(H,19,20)/t11-/m0/s1. The number of nitrogens with one attached hydrogen (secondary N) is 1. The van der Waals surface area contributed by atoms with Gasteiger partial charge in [-0.25, -0.2) is 4.79 Å². The molecular weight excluding hydrogens is 301 g/mol. The number of hydrogen-bond acceptors (Lipinski definition) is 4. The van der Waals surface area contributed by atoms with Crippen LogP contribution in [0, 0.1) is 0 Å². The lowest BCUT2D eigenvalue weighted by atomic mass is 10.1. The van der Waals surface area contributed by atoms with Gasteiger partial charge in [0.15, 0.2) is 6.04 Å². The molecule has 0 aromatic heterocycles. The van der Waals surface area contributed by atoms with Crippen LogP contribution in [0.25, 0.3) is 0 Å². The van der Waals surface area contributed by atoms with Crippen LogP contribution >= 0.6 is 0 Å². The molecule has 0 fully saturated rings. The van der Waals surface area contributed by atoms with Gasteiger partial charge in [0.2, 0.25) is 0 Å². The number of ether oxygens (including phenoxy) is 2. The predicted octanol–water partition coefficient (Wildman–Crippen LogP) is 3.41. The van der Waals surface area contributed by atoms with Gasteiger partial charge in [-0.1, -0.05) is 6.07 Å². The monoisotopic (exact) mass is 320 g/mol. The minimum absolute atomic E-state index is 0.0951. The SMILES string of the molecule is COc1cc([C@H](NC(=O)OC(C)(C)C)C(F)(F)F)ccc1N. The van der Waals surface area contributed by atoms with Gasteiger partial charge in [-0.05, 0) is 38.5 Å². The van der Waals surface area contributed by atoms with Crippen molar-refractivity contribution in [1.82, 2.24) is 5.32 Å². The molecule has 0 radical (unpaired) electrons. The average molecular weight is 320 g/mol. The van der Waals surface area contributed by atoms with Crippen molar-refractivity contribution in [3.63, 3.8) is 0 Å². The van der Waals surface area contributed by atoms with Gasteiger partial charge < -0.3 is 20.5 Å². The predicted molar refractivity (Wildman–Crippen MR) is 75.6 cm³/mol. The molecule has 1 atom stereocenters. The van der Waals surface area contributed by atoms with Crippen LogP contribution in [0.5, 0.6) is 5.75 Å². The fourth-order valence-electron chi connectivity index (χ4n) is 1.69. The molecule has 0 aliphatic rings. The van der Waals surface area contributed by atoms with Crippen LogP contribution in [-0.4, -0.2) is 25.0 Å². The van der Waals surface area contributed by atoms with Gasteiger partial charge in [0.25, 0.3) is 0 Å². The second-order valence-electron chi connectivity index (χ2n) is 5.62. The second-order valence-corrected chi connectivity index (χ2v) is 5.62. The summed E-state index contributed by atoms with van der Waals surface area (Å²) in [6.07, 6.45) is -5.86. The fourth-order valence-corrected chi connectivity index (χ4v) is 1.69. The summed E-state index contributed by atoms with van der Waals surface area (Å²) in [4.78, 5) is 11.6. The van der Waals surface area contributed by atoms with Gasteiger partial charge in [0.1, 0.15) is 11.4 Å². The third-order valence-corrected chi connectivity index (χ3v) is 2.58. The first kappa shape index (κ1) is 17.9. The molecule has 8 heteroatoms. The molecule has 1 aromatic carbocycles. The van der Waals surface area contributed by atoms with E-state index >= 15 is 0 Å². The van der Waals surface area contributed by atoms with E-state index in [2.05, 4.69) is 0 Å². The Labute approximate surface area is 126 Å². The van der Waals surface area contributed by atoms with Gasteiger partial charge in [-0.3, -0.25) is 0 Å². The van der Waals surface area contributed by atoms with Crippen molar-refractivity contribution in [2.45, 2.75) is 38.6 Å². The second kappa shape index (κ2) is 6.33. The number of hydrogen-bond donors (Lipinski definition) is 2. The van der Waals surface area contributed by atoms with Gasteiger partial charge in [0.05, 0.1) is 12.8 Å². The van der Waals surface area contributed by atoms with Crippen molar-refractivity contribution in [1.29, 1.82) is 0 Å². The summed E-state index contributed by atoms with van der Waals surface area (Å²) in [7, 11) is 1.29. The number of rotatable bonds is 3. The lowest BCUT2D eigenvalue weighted by Gasteiger charge is -2.25. The Morgan fingerprint density at radius 1 is 1.27 bits per heavy atom. The van der Waals surface area contributed by atoms with Crippen molar-refractivity contribution < 1.29 is 27.4 Å². The van der Waals surface area contributed by atoms with Gasteiger partial charge in [-0.2, -0.15) is 13.2 Å². The average Bonchev–Trinajstić information content (AvgIpc) is 2.33. The smallest absolute Gasteiger partial charge is 0.412 e. The van der Waals surface area contributed by atoms with Crippen molar-refractivity contribution in [2.75, 3.05) is 12.8 Å². The van der Waals surface area contributed by atoms with Crippen LogP contribution in [0.3, 0.4) is 0 Å². The number of methoxy groups -OCH3 is 1. The van der Waals surface area contributed by atoms with E-state index in [1.165, 1.54) is 19.2 Å². The number of amides is 1. The molecule has 124 valence electrons. The van der Waals surface area contributed by atoms with E-state index in [0.717, 1.165) is 6.07 Å². The van der Waals surface area contributed by atoms with Gasteiger partial charge in [-0.15, -0.1) is 0 Å². The fraction of sp³-hybridized carbons (Fsp3) is 0.500. The van der Waals surface area contributed by atoms with Crippen LogP contribution in [-0.2, 0) is 4.74 Å². The first-order valence-corrected chi connectivity index (χ1v) is 6.43. The molecule has 0 saturated carbocycles. The normalized spacial score (nSPS) is 13.4. The first-order valence-electron chi connectivity index (χ1n) is 6.43. The van der Waals surface area contributed by atoms with E-state index in [1.54, 1.807) is 20.8 Å². The number of nitrogens with two attached hydrogens (primary N) is 1. The Bertz CT molecular complexity index is 539. The molecule has 0 saturated heterocycles. The van der Waals surface area contributed by atoms with E-state index in [4.69, 9.17) is 15.2 Å². The molecule has 0 unspecified atom stereocenters. The molecule has 22 heavy (non-hydrogen) atoms. The summed E-state index contributed by atoms with van der Waals surface area (Å²) < 4.78 is 49.3. The Balaban J connectivity index is 3.07. The van der Waals surface area contributed by atoms with E-state index in [-0.39, 0.29) is 17.0 Å².